The number of carbonyl (C=O) groups is 2. The van der Waals surface area contributed by atoms with Crippen LogP contribution in [0.15, 0.2) is 11.6 Å². The van der Waals surface area contributed by atoms with Crippen LogP contribution in [0.4, 0.5) is 0 Å². The Labute approximate surface area is 126 Å². The van der Waals surface area contributed by atoms with E-state index in [0.29, 0.717) is 18.4 Å². The molecule has 0 aromatic rings. The first-order valence-electron chi connectivity index (χ1n) is 7.58. The Kier molecular flexibility index (Phi) is 3.94. The Balaban J connectivity index is 2.09. The molecule has 0 radical (unpaired) electrons. The summed E-state index contributed by atoms with van der Waals surface area (Å²) in [7, 11) is 0. The number of hydrogen-bond acceptors (Lipinski definition) is 4. The predicted octanol–water partition coefficient (Wildman–Crippen LogP) is 3.11. The highest BCUT2D eigenvalue weighted by molar-refractivity contribution is 5.75. The van der Waals surface area contributed by atoms with Crippen LogP contribution in [0.3, 0.4) is 0 Å². The average Bonchev–Trinajstić information content (AvgIpc) is 2.32. The van der Waals surface area contributed by atoms with Gasteiger partial charge in [-0.05, 0) is 50.2 Å². The summed E-state index contributed by atoms with van der Waals surface area (Å²) >= 11 is 0. The maximum absolute atomic E-state index is 11.9. The molecule has 1 fully saturated rings. The maximum atomic E-state index is 11.9. The van der Waals surface area contributed by atoms with Crippen molar-refractivity contribution in [1.82, 2.24) is 0 Å². The summed E-state index contributed by atoms with van der Waals surface area (Å²) in [4.78, 5) is 23.2. The van der Waals surface area contributed by atoms with Gasteiger partial charge in [0.2, 0.25) is 0 Å². The quantitative estimate of drug-likeness (QED) is 0.593. The Hall–Kier alpha value is -1.32. The van der Waals surface area contributed by atoms with Crippen LogP contribution in [0.5, 0.6) is 0 Å². The van der Waals surface area contributed by atoms with Crippen molar-refractivity contribution in [1.29, 1.82) is 0 Å². The van der Waals surface area contributed by atoms with Crippen molar-refractivity contribution in [3.05, 3.63) is 11.6 Å². The number of ether oxygens (including phenoxy) is 2. The predicted molar refractivity (Wildman–Crippen MR) is 79.4 cm³/mol. The first kappa shape index (κ1) is 16.1. The normalized spacial score (nSPS) is 30.0. The molecule has 0 aromatic heterocycles. The van der Waals surface area contributed by atoms with Gasteiger partial charge in [-0.1, -0.05) is 13.8 Å². The van der Waals surface area contributed by atoms with Crippen LogP contribution in [-0.2, 0) is 19.1 Å². The minimum atomic E-state index is -0.498. The molecular formula is C17H26O4. The monoisotopic (exact) mass is 294 g/mol. The standard InChI is InChI=1S/C17H26O4/c1-10(18)21-14-7-11(9-20-15(19)16(2,3)4)12-8-13(14)17(12,5)6/h7,12-14H,8-9H2,1-6H3. The number of hydrogen-bond donors (Lipinski definition) is 0. The van der Waals surface area contributed by atoms with Crippen LogP contribution >= 0.6 is 0 Å². The largest absolute Gasteiger partial charge is 0.461 e. The summed E-state index contributed by atoms with van der Waals surface area (Å²) in [5.41, 5.74) is 0.687. The van der Waals surface area contributed by atoms with Gasteiger partial charge in [0.05, 0.1) is 5.41 Å². The highest BCUT2D eigenvalue weighted by Crippen LogP contribution is 2.59. The van der Waals surface area contributed by atoms with Crippen molar-refractivity contribution in [3.8, 4) is 0 Å². The maximum Gasteiger partial charge on any atom is 0.311 e. The molecule has 2 bridgehead atoms. The molecule has 0 aliphatic heterocycles. The fraction of sp³-hybridized carbons (Fsp3) is 0.765. The Morgan fingerprint density at radius 1 is 1.33 bits per heavy atom. The molecule has 0 spiro atoms. The van der Waals surface area contributed by atoms with E-state index in [1.165, 1.54) is 6.92 Å². The molecule has 1 saturated carbocycles. The second-order valence-electron chi connectivity index (χ2n) is 7.86. The van der Waals surface area contributed by atoms with E-state index in [2.05, 4.69) is 13.8 Å². The van der Waals surface area contributed by atoms with Crippen molar-refractivity contribution in [2.75, 3.05) is 6.61 Å². The third kappa shape index (κ3) is 2.99. The van der Waals surface area contributed by atoms with Gasteiger partial charge in [0, 0.05) is 12.8 Å². The van der Waals surface area contributed by atoms with Gasteiger partial charge in [-0.25, -0.2) is 0 Å². The summed E-state index contributed by atoms with van der Waals surface area (Å²) in [6.45, 7) is 11.7. The van der Waals surface area contributed by atoms with Crippen LogP contribution in [0.2, 0.25) is 0 Å². The van der Waals surface area contributed by atoms with Gasteiger partial charge >= 0.3 is 11.9 Å². The Bertz CT molecular complexity index is 482. The van der Waals surface area contributed by atoms with E-state index in [4.69, 9.17) is 9.47 Å². The zero-order valence-corrected chi connectivity index (χ0v) is 13.9. The van der Waals surface area contributed by atoms with Gasteiger partial charge in [0.1, 0.15) is 12.7 Å². The molecule has 4 nitrogen and oxygen atoms in total. The van der Waals surface area contributed by atoms with E-state index in [1.54, 1.807) is 0 Å². The van der Waals surface area contributed by atoms with E-state index in [-0.39, 0.29) is 23.5 Å². The van der Waals surface area contributed by atoms with Crippen molar-refractivity contribution in [3.63, 3.8) is 0 Å². The van der Waals surface area contributed by atoms with Gasteiger partial charge in [-0.2, -0.15) is 0 Å². The number of rotatable bonds is 3. The van der Waals surface area contributed by atoms with Gasteiger partial charge in [-0.15, -0.1) is 0 Å². The van der Waals surface area contributed by atoms with Crippen LogP contribution in [0.25, 0.3) is 0 Å². The zero-order chi connectivity index (χ0) is 16.0. The van der Waals surface area contributed by atoms with Crippen LogP contribution in [0, 0.1) is 22.7 Å². The molecule has 21 heavy (non-hydrogen) atoms. The zero-order valence-electron chi connectivity index (χ0n) is 13.9. The smallest absolute Gasteiger partial charge is 0.311 e. The first-order valence-corrected chi connectivity index (χ1v) is 7.58. The molecule has 0 amide bonds. The summed E-state index contributed by atoms with van der Waals surface area (Å²) in [5, 5.41) is 0. The molecule has 0 saturated heterocycles. The summed E-state index contributed by atoms with van der Waals surface area (Å²) < 4.78 is 10.9. The second-order valence-corrected chi connectivity index (χ2v) is 7.86. The number of esters is 2. The first-order chi connectivity index (χ1) is 9.53. The summed E-state index contributed by atoms with van der Waals surface area (Å²) in [6.07, 6.45) is 2.80. The Morgan fingerprint density at radius 3 is 2.43 bits per heavy atom. The molecule has 3 rings (SSSR count). The third-order valence-electron chi connectivity index (χ3n) is 4.85. The molecule has 0 heterocycles. The van der Waals surface area contributed by atoms with Crippen LogP contribution < -0.4 is 0 Å². The van der Waals surface area contributed by atoms with Gasteiger partial charge in [0.15, 0.2) is 0 Å². The molecule has 3 atom stereocenters. The molecule has 0 aromatic carbocycles. The molecule has 4 heteroatoms. The van der Waals surface area contributed by atoms with Crippen molar-refractivity contribution in [2.24, 2.45) is 22.7 Å². The van der Waals surface area contributed by atoms with Gasteiger partial charge < -0.3 is 9.47 Å². The third-order valence-corrected chi connectivity index (χ3v) is 4.85. The van der Waals surface area contributed by atoms with E-state index >= 15 is 0 Å². The molecule has 3 unspecified atom stereocenters. The fourth-order valence-electron chi connectivity index (χ4n) is 3.41. The lowest BCUT2D eigenvalue weighted by atomic mass is 9.48. The highest BCUT2D eigenvalue weighted by Gasteiger charge is 2.56. The summed E-state index contributed by atoms with van der Waals surface area (Å²) in [5.74, 6) is 0.325. The lowest BCUT2D eigenvalue weighted by Crippen LogP contribution is -2.55. The number of carbonyl (C=O) groups excluding carboxylic acids is 2. The van der Waals surface area contributed by atoms with Crippen LogP contribution in [-0.4, -0.2) is 24.6 Å². The second kappa shape index (κ2) is 5.15. The number of fused-ring (bicyclic) bond motifs is 1. The van der Waals surface area contributed by atoms with Crippen molar-refractivity contribution < 1.29 is 19.1 Å². The lowest BCUT2D eigenvalue weighted by molar-refractivity contribution is -0.162. The van der Waals surface area contributed by atoms with E-state index in [1.807, 2.05) is 26.8 Å². The highest BCUT2D eigenvalue weighted by atomic mass is 16.5. The summed E-state index contributed by atoms with van der Waals surface area (Å²) in [6, 6.07) is 0. The van der Waals surface area contributed by atoms with E-state index in [0.717, 1.165) is 12.0 Å². The van der Waals surface area contributed by atoms with Gasteiger partial charge in [0.25, 0.3) is 0 Å². The molecule has 0 N–H and O–H groups in total. The molecule has 3 aliphatic rings. The SMILES string of the molecule is CC(=O)OC1C=C(COC(=O)C(C)(C)C)C2CC1C2(C)C. The minimum absolute atomic E-state index is 0.0956. The lowest BCUT2D eigenvalue weighted by Gasteiger charge is -2.58. The van der Waals surface area contributed by atoms with E-state index in [9.17, 15) is 9.59 Å². The molecule has 3 aliphatic carbocycles. The minimum Gasteiger partial charge on any atom is -0.461 e. The molecule has 118 valence electrons. The fourth-order valence-corrected chi connectivity index (χ4v) is 3.41. The van der Waals surface area contributed by atoms with Crippen molar-refractivity contribution >= 4 is 11.9 Å². The van der Waals surface area contributed by atoms with Crippen molar-refractivity contribution in [2.45, 2.75) is 54.1 Å². The Morgan fingerprint density at radius 2 is 1.95 bits per heavy atom. The average molecular weight is 294 g/mol. The van der Waals surface area contributed by atoms with E-state index < -0.39 is 5.41 Å². The topological polar surface area (TPSA) is 52.6 Å². The van der Waals surface area contributed by atoms with Crippen LogP contribution in [0.1, 0.15) is 48.0 Å². The molecular weight excluding hydrogens is 268 g/mol. The van der Waals surface area contributed by atoms with Gasteiger partial charge in [-0.3, -0.25) is 9.59 Å².